The molecule has 110 valence electrons. The maximum absolute atomic E-state index is 5.43. The van der Waals surface area contributed by atoms with E-state index in [1.54, 1.807) is 14.2 Å². The lowest BCUT2D eigenvalue weighted by Gasteiger charge is -2.35. The van der Waals surface area contributed by atoms with Gasteiger partial charge in [0.1, 0.15) is 0 Å². The van der Waals surface area contributed by atoms with Gasteiger partial charge in [-0.15, -0.1) is 0 Å². The molecule has 3 heteroatoms. The number of hydrogen-bond acceptors (Lipinski definition) is 3. The van der Waals surface area contributed by atoms with Crippen molar-refractivity contribution in [3.63, 3.8) is 0 Å². The van der Waals surface area contributed by atoms with E-state index in [1.807, 2.05) is 0 Å². The largest absolute Gasteiger partial charge is 0.493 e. The molecular weight excluding hydrogens is 262 g/mol. The molecule has 1 heterocycles. The lowest BCUT2D eigenvalue weighted by molar-refractivity contribution is 0.216. The van der Waals surface area contributed by atoms with Gasteiger partial charge in [-0.05, 0) is 42.3 Å². The maximum atomic E-state index is 5.43. The van der Waals surface area contributed by atoms with Crippen LogP contribution in [0.4, 0.5) is 0 Å². The van der Waals surface area contributed by atoms with Crippen LogP contribution in [0.15, 0.2) is 42.5 Å². The molecule has 0 aliphatic carbocycles. The van der Waals surface area contributed by atoms with Crippen molar-refractivity contribution in [2.45, 2.75) is 19.0 Å². The van der Waals surface area contributed by atoms with E-state index in [1.165, 1.54) is 16.7 Å². The minimum Gasteiger partial charge on any atom is -0.493 e. The second kappa shape index (κ2) is 5.78. The number of nitrogens with zero attached hydrogens (tertiary/aromatic N) is 1. The molecule has 21 heavy (non-hydrogen) atoms. The SMILES string of the molecule is COc1cc2c(cc1OC)CN(C)[C@H](c1ccccc1)C2. The van der Waals surface area contributed by atoms with Crippen LogP contribution < -0.4 is 9.47 Å². The third kappa shape index (κ3) is 2.61. The zero-order valence-electron chi connectivity index (χ0n) is 12.8. The first kappa shape index (κ1) is 14.0. The van der Waals surface area contributed by atoms with E-state index in [0.29, 0.717) is 6.04 Å². The highest BCUT2D eigenvalue weighted by molar-refractivity contribution is 5.49. The van der Waals surface area contributed by atoms with E-state index in [9.17, 15) is 0 Å². The topological polar surface area (TPSA) is 21.7 Å². The molecule has 3 nitrogen and oxygen atoms in total. The van der Waals surface area contributed by atoms with Gasteiger partial charge in [0.25, 0.3) is 0 Å². The van der Waals surface area contributed by atoms with E-state index < -0.39 is 0 Å². The van der Waals surface area contributed by atoms with Crippen molar-refractivity contribution in [1.82, 2.24) is 4.90 Å². The standard InChI is InChI=1S/C18H21NO2/c1-19-12-15-11-18(21-3)17(20-2)10-14(15)9-16(19)13-7-5-4-6-8-13/h4-8,10-11,16H,9,12H2,1-3H3/t16-/m0/s1. The van der Waals surface area contributed by atoms with Crippen molar-refractivity contribution in [3.8, 4) is 11.5 Å². The van der Waals surface area contributed by atoms with Gasteiger partial charge in [-0.2, -0.15) is 0 Å². The molecule has 2 aromatic rings. The predicted molar refractivity (Wildman–Crippen MR) is 83.9 cm³/mol. The average Bonchev–Trinajstić information content (AvgIpc) is 2.53. The summed E-state index contributed by atoms with van der Waals surface area (Å²) in [7, 11) is 5.55. The van der Waals surface area contributed by atoms with Crippen LogP contribution in [0, 0.1) is 0 Å². The fourth-order valence-corrected chi connectivity index (χ4v) is 3.09. The Labute approximate surface area is 126 Å². The van der Waals surface area contributed by atoms with Crippen molar-refractivity contribution in [1.29, 1.82) is 0 Å². The quantitative estimate of drug-likeness (QED) is 0.861. The molecule has 1 aliphatic heterocycles. The highest BCUT2D eigenvalue weighted by Gasteiger charge is 2.26. The van der Waals surface area contributed by atoms with Crippen molar-refractivity contribution in [2.24, 2.45) is 0 Å². The summed E-state index contributed by atoms with van der Waals surface area (Å²) < 4.78 is 10.8. The van der Waals surface area contributed by atoms with E-state index in [0.717, 1.165) is 24.5 Å². The molecule has 0 spiro atoms. The Bertz CT molecular complexity index is 625. The lowest BCUT2D eigenvalue weighted by atomic mass is 9.90. The first-order valence-corrected chi connectivity index (χ1v) is 7.22. The van der Waals surface area contributed by atoms with Gasteiger partial charge in [0.15, 0.2) is 11.5 Å². The molecule has 0 saturated carbocycles. The maximum Gasteiger partial charge on any atom is 0.161 e. The van der Waals surface area contributed by atoms with Gasteiger partial charge in [-0.3, -0.25) is 4.90 Å². The molecule has 1 aliphatic rings. The van der Waals surface area contributed by atoms with Crippen molar-refractivity contribution in [3.05, 3.63) is 59.2 Å². The van der Waals surface area contributed by atoms with Gasteiger partial charge in [-0.25, -0.2) is 0 Å². The third-order valence-electron chi connectivity index (χ3n) is 4.26. The Balaban J connectivity index is 1.97. The number of hydrogen-bond donors (Lipinski definition) is 0. The van der Waals surface area contributed by atoms with Crippen molar-refractivity contribution in [2.75, 3.05) is 21.3 Å². The number of methoxy groups -OCH3 is 2. The summed E-state index contributed by atoms with van der Waals surface area (Å²) in [6.45, 7) is 0.926. The predicted octanol–water partition coefficient (Wildman–Crippen LogP) is 3.43. The summed E-state index contributed by atoms with van der Waals surface area (Å²) in [6.07, 6.45) is 0.996. The number of fused-ring (bicyclic) bond motifs is 1. The molecule has 0 fully saturated rings. The van der Waals surface area contributed by atoms with Crippen LogP contribution in [0.5, 0.6) is 11.5 Å². The molecule has 2 aromatic carbocycles. The Hall–Kier alpha value is -2.00. The van der Waals surface area contributed by atoms with E-state index in [2.05, 4.69) is 54.4 Å². The molecular formula is C18H21NO2. The molecule has 0 saturated heterocycles. The zero-order valence-corrected chi connectivity index (χ0v) is 12.8. The fraction of sp³-hybridized carbons (Fsp3) is 0.333. The highest BCUT2D eigenvalue weighted by Crippen LogP contribution is 2.38. The number of ether oxygens (including phenoxy) is 2. The summed E-state index contributed by atoms with van der Waals surface area (Å²) >= 11 is 0. The lowest BCUT2D eigenvalue weighted by Crippen LogP contribution is -2.30. The number of benzene rings is 2. The van der Waals surface area contributed by atoms with Crippen LogP contribution in [-0.4, -0.2) is 26.2 Å². The van der Waals surface area contributed by atoms with Crippen molar-refractivity contribution >= 4 is 0 Å². The summed E-state index contributed by atoms with van der Waals surface area (Å²) in [4.78, 5) is 2.39. The van der Waals surface area contributed by atoms with Crippen LogP contribution in [0.2, 0.25) is 0 Å². The normalized spacial score (nSPS) is 18.1. The minimum absolute atomic E-state index is 0.414. The summed E-state index contributed by atoms with van der Waals surface area (Å²) in [5.41, 5.74) is 4.03. The molecule has 0 bridgehead atoms. The van der Waals surface area contributed by atoms with E-state index in [4.69, 9.17) is 9.47 Å². The van der Waals surface area contributed by atoms with E-state index in [-0.39, 0.29) is 0 Å². The van der Waals surface area contributed by atoms with Gasteiger partial charge in [0, 0.05) is 12.6 Å². The second-order valence-electron chi connectivity index (χ2n) is 5.52. The van der Waals surface area contributed by atoms with Crippen LogP contribution in [-0.2, 0) is 13.0 Å². The van der Waals surface area contributed by atoms with Crippen LogP contribution in [0.1, 0.15) is 22.7 Å². The fourth-order valence-electron chi connectivity index (χ4n) is 3.09. The van der Waals surface area contributed by atoms with Crippen LogP contribution >= 0.6 is 0 Å². The zero-order chi connectivity index (χ0) is 14.8. The molecule has 1 atom stereocenters. The van der Waals surface area contributed by atoms with Crippen LogP contribution in [0.25, 0.3) is 0 Å². The van der Waals surface area contributed by atoms with Gasteiger partial charge < -0.3 is 9.47 Å². The Kier molecular flexibility index (Phi) is 3.84. The number of likely N-dealkylation sites (N-methyl/N-ethyl adjacent to an activating group) is 1. The molecule has 0 amide bonds. The van der Waals surface area contributed by atoms with Gasteiger partial charge in [0.05, 0.1) is 14.2 Å². The summed E-state index contributed by atoms with van der Waals surface area (Å²) in [6, 6.07) is 15.3. The second-order valence-corrected chi connectivity index (χ2v) is 5.52. The first-order chi connectivity index (χ1) is 10.2. The van der Waals surface area contributed by atoms with Gasteiger partial charge >= 0.3 is 0 Å². The summed E-state index contributed by atoms with van der Waals surface area (Å²) in [5.74, 6) is 1.62. The smallest absolute Gasteiger partial charge is 0.161 e. The van der Waals surface area contributed by atoms with Gasteiger partial charge in [-0.1, -0.05) is 30.3 Å². The molecule has 0 radical (unpaired) electrons. The average molecular weight is 283 g/mol. The first-order valence-electron chi connectivity index (χ1n) is 7.22. The Morgan fingerprint density at radius 1 is 0.952 bits per heavy atom. The molecule has 0 aromatic heterocycles. The number of rotatable bonds is 3. The Morgan fingerprint density at radius 3 is 2.19 bits per heavy atom. The third-order valence-corrected chi connectivity index (χ3v) is 4.26. The van der Waals surface area contributed by atoms with E-state index >= 15 is 0 Å². The van der Waals surface area contributed by atoms with Gasteiger partial charge in [0.2, 0.25) is 0 Å². The monoisotopic (exact) mass is 283 g/mol. The summed E-state index contributed by atoms with van der Waals surface area (Å²) in [5, 5.41) is 0. The van der Waals surface area contributed by atoms with Crippen molar-refractivity contribution < 1.29 is 9.47 Å². The van der Waals surface area contributed by atoms with Crippen LogP contribution in [0.3, 0.4) is 0 Å². The minimum atomic E-state index is 0.414. The Morgan fingerprint density at radius 2 is 1.57 bits per heavy atom. The molecule has 0 N–H and O–H groups in total. The molecule has 3 rings (SSSR count). The molecule has 0 unspecified atom stereocenters. The highest BCUT2D eigenvalue weighted by atomic mass is 16.5.